The van der Waals surface area contributed by atoms with Crippen LogP contribution in [0.15, 0.2) is 52.4 Å². The summed E-state index contributed by atoms with van der Waals surface area (Å²) in [5.74, 6) is 0.331. The van der Waals surface area contributed by atoms with Crippen LogP contribution in [0.2, 0.25) is 0 Å². The number of sulfonamides is 1. The number of methoxy groups -OCH3 is 2. The SMILES string of the molecule is COc1ccc(S(=O)(=O)N2CCC(n3cnc4cc(F)ccc4c3=O)CC2)cc1OC. The first-order chi connectivity index (χ1) is 14.8. The second kappa shape index (κ2) is 8.27. The predicted molar refractivity (Wildman–Crippen MR) is 113 cm³/mol. The molecular formula is C21H22FN3O5S. The molecule has 1 aliphatic heterocycles. The summed E-state index contributed by atoms with van der Waals surface area (Å²) in [5.41, 5.74) is 0.0425. The second-order valence-corrected chi connectivity index (χ2v) is 9.21. The molecule has 0 saturated carbocycles. The van der Waals surface area contributed by atoms with Crippen LogP contribution in [0, 0.1) is 5.82 Å². The number of halogens is 1. The molecule has 0 N–H and O–H groups in total. The number of ether oxygens (including phenoxy) is 2. The van der Waals surface area contributed by atoms with Gasteiger partial charge in [-0.05, 0) is 37.1 Å². The molecule has 164 valence electrons. The number of rotatable bonds is 5. The molecule has 2 heterocycles. The first-order valence-corrected chi connectivity index (χ1v) is 11.2. The Morgan fingerprint density at radius 3 is 2.42 bits per heavy atom. The Kier molecular flexibility index (Phi) is 5.67. The number of piperidine rings is 1. The second-order valence-electron chi connectivity index (χ2n) is 7.27. The van der Waals surface area contributed by atoms with Crippen molar-refractivity contribution in [3.05, 3.63) is 58.9 Å². The quantitative estimate of drug-likeness (QED) is 0.597. The van der Waals surface area contributed by atoms with Gasteiger partial charge in [0.25, 0.3) is 5.56 Å². The molecule has 31 heavy (non-hydrogen) atoms. The lowest BCUT2D eigenvalue weighted by molar-refractivity contribution is 0.269. The lowest BCUT2D eigenvalue weighted by Gasteiger charge is -2.32. The highest BCUT2D eigenvalue weighted by Gasteiger charge is 2.31. The highest BCUT2D eigenvalue weighted by molar-refractivity contribution is 7.89. The van der Waals surface area contributed by atoms with Crippen LogP contribution in [0.1, 0.15) is 18.9 Å². The molecule has 0 aliphatic carbocycles. The molecule has 0 amide bonds. The van der Waals surface area contributed by atoms with Crippen molar-refractivity contribution in [2.75, 3.05) is 27.3 Å². The van der Waals surface area contributed by atoms with Crippen LogP contribution in [0.25, 0.3) is 10.9 Å². The van der Waals surface area contributed by atoms with E-state index in [1.165, 1.54) is 59.8 Å². The third-order valence-corrected chi connectivity index (χ3v) is 7.45. The standard InChI is InChI=1S/C21H22FN3O5S/c1-29-19-6-4-16(12-20(19)30-2)31(27,28)24-9-7-15(8-10-24)25-13-23-18-11-14(22)3-5-17(18)21(25)26/h3-6,11-13,15H,7-10H2,1-2H3. The number of hydrogen-bond donors (Lipinski definition) is 0. The lowest BCUT2D eigenvalue weighted by atomic mass is 10.1. The van der Waals surface area contributed by atoms with Crippen LogP contribution >= 0.6 is 0 Å². The zero-order chi connectivity index (χ0) is 22.2. The van der Waals surface area contributed by atoms with E-state index in [0.29, 0.717) is 35.2 Å². The van der Waals surface area contributed by atoms with E-state index in [1.807, 2.05) is 0 Å². The van der Waals surface area contributed by atoms with Gasteiger partial charge in [-0.1, -0.05) is 0 Å². The zero-order valence-electron chi connectivity index (χ0n) is 17.1. The summed E-state index contributed by atoms with van der Waals surface area (Å²) in [7, 11) is -0.791. The van der Waals surface area contributed by atoms with Gasteiger partial charge in [0.2, 0.25) is 10.0 Å². The zero-order valence-corrected chi connectivity index (χ0v) is 17.9. The lowest BCUT2D eigenvalue weighted by Crippen LogP contribution is -2.40. The molecule has 2 aromatic carbocycles. The Bertz CT molecular complexity index is 1280. The van der Waals surface area contributed by atoms with E-state index in [2.05, 4.69) is 4.98 Å². The monoisotopic (exact) mass is 447 g/mol. The van der Waals surface area contributed by atoms with Crippen molar-refractivity contribution < 1.29 is 22.3 Å². The predicted octanol–water partition coefficient (Wildman–Crippen LogP) is 2.58. The van der Waals surface area contributed by atoms with Crippen LogP contribution in [0.3, 0.4) is 0 Å². The summed E-state index contributed by atoms with van der Waals surface area (Å²) in [5, 5.41) is 0.337. The molecule has 0 radical (unpaired) electrons. The van der Waals surface area contributed by atoms with E-state index in [1.54, 1.807) is 6.07 Å². The first-order valence-electron chi connectivity index (χ1n) is 9.73. The Morgan fingerprint density at radius 2 is 1.74 bits per heavy atom. The average molecular weight is 447 g/mol. The van der Waals surface area contributed by atoms with E-state index >= 15 is 0 Å². The molecule has 0 atom stereocenters. The third kappa shape index (κ3) is 3.88. The average Bonchev–Trinajstić information content (AvgIpc) is 2.78. The fourth-order valence-electron chi connectivity index (χ4n) is 3.86. The summed E-state index contributed by atoms with van der Waals surface area (Å²) >= 11 is 0. The van der Waals surface area contributed by atoms with Gasteiger partial charge in [-0.25, -0.2) is 17.8 Å². The van der Waals surface area contributed by atoms with E-state index in [4.69, 9.17) is 9.47 Å². The van der Waals surface area contributed by atoms with Gasteiger partial charge in [0, 0.05) is 31.3 Å². The maximum absolute atomic E-state index is 13.4. The summed E-state index contributed by atoms with van der Waals surface area (Å²) < 4.78 is 52.9. The van der Waals surface area contributed by atoms with Crippen LogP contribution in [0.4, 0.5) is 4.39 Å². The number of fused-ring (bicyclic) bond motifs is 1. The Balaban J connectivity index is 1.55. The van der Waals surface area contributed by atoms with Gasteiger partial charge >= 0.3 is 0 Å². The molecule has 4 rings (SSSR count). The summed E-state index contributed by atoms with van der Waals surface area (Å²) in [6.07, 6.45) is 2.33. The fourth-order valence-corrected chi connectivity index (χ4v) is 5.34. The van der Waals surface area contributed by atoms with Gasteiger partial charge in [0.1, 0.15) is 5.82 Å². The van der Waals surface area contributed by atoms with E-state index in [0.717, 1.165) is 0 Å². The Labute approximate surface area is 178 Å². The number of hydrogen-bond acceptors (Lipinski definition) is 6. The molecule has 0 spiro atoms. The molecule has 3 aromatic rings. The van der Waals surface area contributed by atoms with Gasteiger partial charge in [0.05, 0.1) is 36.3 Å². The normalized spacial score (nSPS) is 15.8. The number of aromatic nitrogens is 2. The van der Waals surface area contributed by atoms with Crippen molar-refractivity contribution in [1.82, 2.24) is 13.9 Å². The highest BCUT2D eigenvalue weighted by Crippen LogP contribution is 2.32. The smallest absolute Gasteiger partial charge is 0.261 e. The number of nitrogens with zero attached hydrogens (tertiary/aromatic N) is 3. The minimum atomic E-state index is -3.72. The van der Waals surface area contributed by atoms with Crippen LogP contribution in [-0.4, -0.2) is 49.6 Å². The Morgan fingerprint density at radius 1 is 1.03 bits per heavy atom. The summed E-state index contributed by atoms with van der Waals surface area (Å²) in [6.45, 7) is 0.518. The van der Waals surface area contributed by atoms with Crippen LogP contribution in [-0.2, 0) is 10.0 Å². The van der Waals surface area contributed by atoms with Gasteiger partial charge < -0.3 is 9.47 Å². The molecular weight excluding hydrogens is 425 g/mol. The summed E-state index contributed by atoms with van der Waals surface area (Å²) in [4.78, 5) is 17.1. The minimum absolute atomic E-state index is 0.121. The first kappa shape index (κ1) is 21.3. The molecule has 1 fully saturated rings. The van der Waals surface area contributed by atoms with Gasteiger partial charge in [-0.15, -0.1) is 0 Å². The van der Waals surface area contributed by atoms with E-state index in [9.17, 15) is 17.6 Å². The largest absolute Gasteiger partial charge is 0.493 e. The van der Waals surface area contributed by atoms with Gasteiger partial charge in [-0.3, -0.25) is 9.36 Å². The number of benzene rings is 2. The van der Waals surface area contributed by atoms with Crippen molar-refractivity contribution in [1.29, 1.82) is 0 Å². The molecule has 0 bridgehead atoms. The molecule has 1 saturated heterocycles. The Hall–Kier alpha value is -2.98. The van der Waals surface area contributed by atoms with Crippen molar-refractivity contribution >= 4 is 20.9 Å². The fraction of sp³-hybridized carbons (Fsp3) is 0.333. The molecule has 1 aromatic heterocycles. The molecule has 1 aliphatic rings. The van der Waals surface area contributed by atoms with Crippen LogP contribution in [0.5, 0.6) is 11.5 Å². The molecule has 8 nitrogen and oxygen atoms in total. The van der Waals surface area contributed by atoms with Crippen molar-refractivity contribution in [2.45, 2.75) is 23.8 Å². The topological polar surface area (TPSA) is 90.7 Å². The van der Waals surface area contributed by atoms with E-state index < -0.39 is 15.8 Å². The van der Waals surface area contributed by atoms with Gasteiger partial charge in [-0.2, -0.15) is 4.31 Å². The maximum Gasteiger partial charge on any atom is 0.261 e. The third-order valence-electron chi connectivity index (χ3n) is 5.56. The van der Waals surface area contributed by atoms with E-state index in [-0.39, 0.29) is 29.6 Å². The van der Waals surface area contributed by atoms with Crippen LogP contribution < -0.4 is 15.0 Å². The maximum atomic E-state index is 13.4. The molecule has 0 unspecified atom stereocenters. The van der Waals surface area contributed by atoms with Gasteiger partial charge in [0.15, 0.2) is 11.5 Å². The minimum Gasteiger partial charge on any atom is -0.493 e. The van der Waals surface area contributed by atoms with Crippen molar-refractivity contribution in [3.63, 3.8) is 0 Å². The highest BCUT2D eigenvalue weighted by atomic mass is 32.2. The molecule has 10 heteroatoms. The summed E-state index contributed by atoms with van der Waals surface area (Å²) in [6, 6.07) is 8.17. The van der Waals surface area contributed by atoms with Crippen molar-refractivity contribution in [2.24, 2.45) is 0 Å². The van der Waals surface area contributed by atoms with Crippen molar-refractivity contribution in [3.8, 4) is 11.5 Å².